The van der Waals surface area contributed by atoms with Crippen LogP contribution in [0.5, 0.6) is 0 Å². The summed E-state index contributed by atoms with van der Waals surface area (Å²) in [6.45, 7) is 12.6. The number of hydrogen-bond acceptors (Lipinski definition) is 4. The number of carbonyl (C=O) groups excluding carboxylic acids is 1. The van der Waals surface area contributed by atoms with Gasteiger partial charge in [0.1, 0.15) is 5.82 Å². The summed E-state index contributed by atoms with van der Waals surface area (Å²) in [5.41, 5.74) is 4.82. The Labute approximate surface area is 191 Å². The molecule has 3 rings (SSSR count). The SMILES string of the molecule is C=C(C)NC.Cc1ccc(CC(=O)NCC2CN(Cc3ccc(C)c(F)c3)CCO2)cc1. The van der Waals surface area contributed by atoms with E-state index in [0.29, 0.717) is 31.7 Å². The fourth-order valence-electron chi connectivity index (χ4n) is 3.22. The molecule has 2 N–H and O–H groups in total. The Kier molecular flexibility index (Phi) is 10.4. The van der Waals surface area contributed by atoms with Crippen LogP contribution < -0.4 is 10.6 Å². The van der Waals surface area contributed by atoms with Gasteiger partial charge in [-0.2, -0.15) is 0 Å². The predicted octanol–water partition coefficient (Wildman–Crippen LogP) is 3.74. The van der Waals surface area contributed by atoms with Crippen LogP contribution in [-0.2, 0) is 22.5 Å². The normalized spacial score (nSPS) is 16.0. The average molecular weight is 442 g/mol. The van der Waals surface area contributed by atoms with Gasteiger partial charge in [0.15, 0.2) is 0 Å². The lowest BCUT2D eigenvalue weighted by molar-refractivity contribution is -0.121. The molecule has 2 aromatic carbocycles. The first-order valence-electron chi connectivity index (χ1n) is 11.0. The first-order valence-corrected chi connectivity index (χ1v) is 11.0. The molecule has 0 saturated carbocycles. The molecule has 1 fully saturated rings. The molecule has 2 aromatic rings. The van der Waals surface area contributed by atoms with Crippen molar-refractivity contribution < 1.29 is 13.9 Å². The Morgan fingerprint density at radius 2 is 1.84 bits per heavy atom. The third kappa shape index (κ3) is 9.20. The molecular weight excluding hydrogens is 405 g/mol. The summed E-state index contributed by atoms with van der Waals surface area (Å²) in [6, 6.07) is 13.4. The van der Waals surface area contributed by atoms with Gasteiger partial charge in [0.2, 0.25) is 5.91 Å². The second kappa shape index (κ2) is 13.0. The summed E-state index contributed by atoms with van der Waals surface area (Å²) < 4.78 is 19.5. The molecule has 32 heavy (non-hydrogen) atoms. The van der Waals surface area contributed by atoms with Gasteiger partial charge in [0, 0.05) is 33.2 Å². The smallest absolute Gasteiger partial charge is 0.224 e. The van der Waals surface area contributed by atoms with Crippen molar-refractivity contribution in [1.82, 2.24) is 15.5 Å². The second-order valence-corrected chi connectivity index (χ2v) is 8.31. The number of aryl methyl sites for hydroxylation is 2. The van der Waals surface area contributed by atoms with Gasteiger partial charge < -0.3 is 15.4 Å². The van der Waals surface area contributed by atoms with Crippen LogP contribution in [0.25, 0.3) is 0 Å². The van der Waals surface area contributed by atoms with E-state index in [1.807, 2.05) is 57.3 Å². The van der Waals surface area contributed by atoms with Gasteiger partial charge in [-0.05, 0) is 49.2 Å². The van der Waals surface area contributed by atoms with Gasteiger partial charge in [0.25, 0.3) is 0 Å². The van der Waals surface area contributed by atoms with Gasteiger partial charge in [-0.3, -0.25) is 9.69 Å². The number of hydrogen-bond donors (Lipinski definition) is 2. The highest BCUT2D eigenvalue weighted by Crippen LogP contribution is 2.14. The van der Waals surface area contributed by atoms with E-state index in [4.69, 9.17) is 4.74 Å². The Hall–Kier alpha value is -2.70. The zero-order valence-electron chi connectivity index (χ0n) is 19.7. The quantitative estimate of drug-likeness (QED) is 0.687. The van der Waals surface area contributed by atoms with E-state index >= 15 is 0 Å². The maximum absolute atomic E-state index is 13.7. The van der Waals surface area contributed by atoms with Gasteiger partial charge in [-0.1, -0.05) is 48.5 Å². The zero-order valence-corrected chi connectivity index (χ0v) is 19.7. The van der Waals surface area contributed by atoms with E-state index in [1.165, 1.54) is 5.56 Å². The van der Waals surface area contributed by atoms with Crippen molar-refractivity contribution in [3.63, 3.8) is 0 Å². The summed E-state index contributed by atoms with van der Waals surface area (Å²) in [5.74, 6) is -0.166. The van der Waals surface area contributed by atoms with Crippen molar-refractivity contribution in [2.45, 2.75) is 39.8 Å². The van der Waals surface area contributed by atoms with Crippen LogP contribution in [0.2, 0.25) is 0 Å². The molecule has 6 heteroatoms. The van der Waals surface area contributed by atoms with Crippen molar-refractivity contribution in [2.75, 3.05) is 33.3 Å². The van der Waals surface area contributed by atoms with Crippen molar-refractivity contribution in [2.24, 2.45) is 0 Å². The summed E-state index contributed by atoms with van der Waals surface area (Å²) in [6.07, 6.45) is 0.329. The van der Waals surface area contributed by atoms with Crippen molar-refractivity contribution in [1.29, 1.82) is 0 Å². The minimum Gasteiger partial charge on any atom is -0.392 e. The van der Waals surface area contributed by atoms with E-state index < -0.39 is 0 Å². The van der Waals surface area contributed by atoms with Crippen LogP contribution in [0.3, 0.4) is 0 Å². The molecule has 0 radical (unpaired) electrons. The lowest BCUT2D eigenvalue weighted by Gasteiger charge is -2.33. The zero-order chi connectivity index (χ0) is 23.5. The van der Waals surface area contributed by atoms with Gasteiger partial charge in [-0.25, -0.2) is 4.39 Å². The Morgan fingerprint density at radius 1 is 1.19 bits per heavy atom. The molecule has 1 atom stereocenters. The first-order chi connectivity index (χ1) is 15.3. The van der Waals surface area contributed by atoms with Crippen LogP contribution in [0.1, 0.15) is 29.2 Å². The molecule has 0 spiro atoms. The number of halogens is 1. The lowest BCUT2D eigenvalue weighted by atomic mass is 10.1. The average Bonchev–Trinajstić information content (AvgIpc) is 2.77. The van der Waals surface area contributed by atoms with Gasteiger partial charge >= 0.3 is 0 Å². The number of rotatable bonds is 7. The molecule has 1 aliphatic rings. The summed E-state index contributed by atoms with van der Waals surface area (Å²) in [4.78, 5) is 14.4. The highest BCUT2D eigenvalue weighted by Gasteiger charge is 2.21. The minimum absolute atomic E-state index is 0.000169. The molecular formula is C26H36FN3O2. The first kappa shape index (κ1) is 25.6. The minimum atomic E-state index is -0.166. The lowest BCUT2D eigenvalue weighted by Crippen LogP contribution is -2.47. The molecule has 0 bridgehead atoms. The Balaban J connectivity index is 0.000000654. The van der Waals surface area contributed by atoms with E-state index in [9.17, 15) is 9.18 Å². The number of morpholine rings is 1. The summed E-state index contributed by atoms with van der Waals surface area (Å²) in [5, 5.41) is 5.80. The van der Waals surface area contributed by atoms with Crippen LogP contribution in [0.15, 0.2) is 54.7 Å². The summed E-state index contributed by atoms with van der Waals surface area (Å²) in [7, 11) is 1.85. The standard InChI is InChI=1S/C22H27FN2O2.C4H9N/c1-16-3-6-18(7-4-16)12-22(26)24-13-20-15-25(9-10-27-20)14-19-8-5-17(2)21(23)11-19;1-4(2)5-3/h3-8,11,20H,9-10,12-15H2,1-2H3,(H,24,26);5H,1H2,2-3H3. The van der Waals surface area contributed by atoms with Gasteiger partial charge in [-0.15, -0.1) is 0 Å². The Morgan fingerprint density at radius 3 is 2.47 bits per heavy atom. The van der Waals surface area contributed by atoms with E-state index in [0.717, 1.165) is 29.9 Å². The van der Waals surface area contributed by atoms with Crippen LogP contribution >= 0.6 is 0 Å². The topological polar surface area (TPSA) is 53.6 Å². The fraction of sp³-hybridized carbons (Fsp3) is 0.423. The number of allylic oxidation sites excluding steroid dienone is 1. The van der Waals surface area contributed by atoms with Crippen LogP contribution in [0, 0.1) is 19.7 Å². The number of amides is 1. The molecule has 0 aliphatic carbocycles. The third-order valence-corrected chi connectivity index (χ3v) is 5.30. The van der Waals surface area contributed by atoms with Crippen LogP contribution in [0.4, 0.5) is 4.39 Å². The van der Waals surface area contributed by atoms with E-state index in [-0.39, 0.29) is 17.8 Å². The monoisotopic (exact) mass is 441 g/mol. The molecule has 1 heterocycles. The maximum Gasteiger partial charge on any atom is 0.224 e. The van der Waals surface area contributed by atoms with Crippen LogP contribution in [-0.4, -0.2) is 50.2 Å². The number of ether oxygens (including phenoxy) is 1. The molecule has 0 aromatic heterocycles. The largest absolute Gasteiger partial charge is 0.392 e. The molecule has 1 aliphatic heterocycles. The van der Waals surface area contributed by atoms with E-state index in [2.05, 4.69) is 22.1 Å². The summed E-state index contributed by atoms with van der Waals surface area (Å²) >= 11 is 0. The van der Waals surface area contributed by atoms with Crippen molar-refractivity contribution in [3.8, 4) is 0 Å². The molecule has 5 nitrogen and oxygen atoms in total. The molecule has 1 amide bonds. The second-order valence-electron chi connectivity index (χ2n) is 8.31. The Bertz CT molecular complexity index is 883. The molecule has 1 saturated heterocycles. The molecule has 1 unspecified atom stereocenters. The van der Waals surface area contributed by atoms with Crippen molar-refractivity contribution >= 4 is 5.91 Å². The molecule has 174 valence electrons. The predicted molar refractivity (Wildman–Crippen MR) is 128 cm³/mol. The number of nitrogens with zero attached hydrogens (tertiary/aromatic N) is 1. The number of benzene rings is 2. The highest BCUT2D eigenvalue weighted by molar-refractivity contribution is 5.78. The maximum atomic E-state index is 13.7. The van der Waals surface area contributed by atoms with Gasteiger partial charge in [0.05, 0.1) is 19.1 Å². The highest BCUT2D eigenvalue weighted by atomic mass is 19.1. The van der Waals surface area contributed by atoms with Crippen molar-refractivity contribution in [3.05, 3.63) is 82.8 Å². The van der Waals surface area contributed by atoms with E-state index in [1.54, 1.807) is 13.0 Å². The third-order valence-electron chi connectivity index (χ3n) is 5.30. The number of carbonyl (C=O) groups is 1. The fourth-order valence-corrected chi connectivity index (χ4v) is 3.22. The number of nitrogens with one attached hydrogen (secondary N) is 2.